The second kappa shape index (κ2) is 4.74. The van der Waals surface area contributed by atoms with Crippen molar-refractivity contribution in [2.45, 2.75) is 31.8 Å². The van der Waals surface area contributed by atoms with E-state index in [1.807, 2.05) is 12.1 Å². The molecule has 0 aromatic heterocycles. The first kappa shape index (κ1) is 12.3. The quantitative estimate of drug-likeness (QED) is 0.618. The SMILES string of the molecule is Nc1cc2c(cc1NCC1CCC(O)C1)NC(=O)C2. The van der Waals surface area contributed by atoms with Crippen LogP contribution in [0.4, 0.5) is 17.1 Å². The van der Waals surface area contributed by atoms with E-state index in [-0.39, 0.29) is 12.0 Å². The molecule has 1 amide bonds. The standard InChI is InChI=1S/C14H19N3O2/c15-11-4-9-5-14(19)17-12(9)6-13(11)16-7-8-1-2-10(18)3-8/h4,6,8,10,16,18H,1-3,5,7,15H2,(H,17,19). The Kier molecular flexibility index (Phi) is 3.06. The Labute approximate surface area is 112 Å². The average molecular weight is 261 g/mol. The summed E-state index contributed by atoms with van der Waals surface area (Å²) in [5.41, 5.74) is 9.36. The summed E-state index contributed by atoms with van der Waals surface area (Å²) >= 11 is 0. The molecule has 2 aliphatic rings. The molecule has 1 aliphatic carbocycles. The van der Waals surface area contributed by atoms with E-state index in [0.717, 1.165) is 42.7 Å². The number of aliphatic hydroxyl groups is 1. The van der Waals surface area contributed by atoms with Crippen LogP contribution in [0, 0.1) is 5.92 Å². The number of carbonyl (C=O) groups is 1. The molecule has 0 saturated heterocycles. The van der Waals surface area contributed by atoms with Gasteiger partial charge in [0.25, 0.3) is 0 Å². The average Bonchev–Trinajstić information content (AvgIpc) is 2.91. The molecule has 5 N–H and O–H groups in total. The van der Waals surface area contributed by atoms with Gasteiger partial charge in [-0.1, -0.05) is 0 Å². The third-order valence-electron chi connectivity index (χ3n) is 4.00. The first-order chi connectivity index (χ1) is 9.11. The van der Waals surface area contributed by atoms with Crippen LogP contribution in [0.2, 0.25) is 0 Å². The van der Waals surface area contributed by atoms with E-state index in [9.17, 15) is 9.90 Å². The fourth-order valence-corrected chi connectivity index (χ4v) is 2.93. The second-order valence-electron chi connectivity index (χ2n) is 5.54. The number of nitrogens with one attached hydrogen (secondary N) is 2. The van der Waals surface area contributed by atoms with Crippen molar-refractivity contribution in [3.63, 3.8) is 0 Å². The number of hydrogen-bond acceptors (Lipinski definition) is 4. The minimum absolute atomic E-state index is 0.0189. The van der Waals surface area contributed by atoms with Gasteiger partial charge in [-0.15, -0.1) is 0 Å². The molecule has 3 rings (SSSR count). The van der Waals surface area contributed by atoms with Gasteiger partial charge < -0.3 is 21.5 Å². The van der Waals surface area contributed by atoms with E-state index in [1.54, 1.807) is 0 Å². The number of aliphatic hydroxyl groups excluding tert-OH is 1. The smallest absolute Gasteiger partial charge is 0.228 e. The summed E-state index contributed by atoms with van der Waals surface area (Å²) in [5, 5.41) is 15.7. The van der Waals surface area contributed by atoms with Crippen LogP contribution in [0.1, 0.15) is 24.8 Å². The van der Waals surface area contributed by atoms with Gasteiger partial charge in [0, 0.05) is 12.2 Å². The zero-order valence-electron chi connectivity index (χ0n) is 10.8. The van der Waals surface area contributed by atoms with Crippen LogP contribution in [0.5, 0.6) is 0 Å². The fourth-order valence-electron chi connectivity index (χ4n) is 2.93. The summed E-state index contributed by atoms with van der Waals surface area (Å²) in [6.07, 6.45) is 3.06. The Morgan fingerprint density at radius 2 is 2.26 bits per heavy atom. The van der Waals surface area contributed by atoms with Gasteiger partial charge in [-0.2, -0.15) is 0 Å². The Morgan fingerprint density at radius 1 is 1.42 bits per heavy atom. The lowest BCUT2D eigenvalue weighted by Gasteiger charge is -2.15. The lowest BCUT2D eigenvalue weighted by molar-refractivity contribution is -0.115. The number of amides is 1. The number of anilines is 3. The van der Waals surface area contributed by atoms with Crippen molar-refractivity contribution < 1.29 is 9.90 Å². The van der Waals surface area contributed by atoms with Crippen molar-refractivity contribution in [3.8, 4) is 0 Å². The molecule has 102 valence electrons. The molecule has 2 unspecified atom stereocenters. The fraction of sp³-hybridized carbons (Fsp3) is 0.500. The predicted molar refractivity (Wildman–Crippen MR) is 75.0 cm³/mol. The van der Waals surface area contributed by atoms with Crippen LogP contribution in [0.3, 0.4) is 0 Å². The zero-order chi connectivity index (χ0) is 13.4. The highest BCUT2D eigenvalue weighted by Gasteiger charge is 2.23. The van der Waals surface area contributed by atoms with Gasteiger partial charge in [-0.05, 0) is 42.9 Å². The number of rotatable bonds is 3. The summed E-state index contributed by atoms with van der Waals surface area (Å²) in [5.74, 6) is 0.516. The maximum Gasteiger partial charge on any atom is 0.228 e. The van der Waals surface area contributed by atoms with E-state index in [0.29, 0.717) is 18.0 Å². The minimum atomic E-state index is -0.150. The first-order valence-electron chi connectivity index (χ1n) is 6.76. The molecule has 0 bridgehead atoms. The Bertz CT molecular complexity index is 516. The molecule has 1 fully saturated rings. The van der Waals surface area contributed by atoms with E-state index in [4.69, 9.17) is 5.73 Å². The summed E-state index contributed by atoms with van der Waals surface area (Å²) in [4.78, 5) is 11.3. The third-order valence-corrected chi connectivity index (χ3v) is 4.00. The van der Waals surface area contributed by atoms with Gasteiger partial charge in [0.2, 0.25) is 5.91 Å². The molecule has 19 heavy (non-hydrogen) atoms. The van der Waals surface area contributed by atoms with Gasteiger partial charge in [0.15, 0.2) is 0 Å². The number of carbonyl (C=O) groups excluding carboxylic acids is 1. The molecule has 1 saturated carbocycles. The molecule has 2 atom stereocenters. The number of nitrogens with two attached hydrogens (primary N) is 1. The van der Waals surface area contributed by atoms with Crippen LogP contribution >= 0.6 is 0 Å². The lowest BCUT2D eigenvalue weighted by Crippen LogP contribution is -2.13. The maximum atomic E-state index is 11.3. The van der Waals surface area contributed by atoms with Crippen LogP contribution in [0.25, 0.3) is 0 Å². The first-order valence-corrected chi connectivity index (χ1v) is 6.76. The molecule has 0 radical (unpaired) electrons. The highest BCUT2D eigenvalue weighted by atomic mass is 16.3. The van der Waals surface area contributed by atoms with Gasteiger partial charge >= 0.3 is 0 Å². The summed E-state index contributed by atoms with van der Waals surface area (Å²) in [7, 11) is 0. The lowest BCUT2D eigenvalue weighted by atomic mass is 10.1. The molecule has 1 aromatic rings. The second-order valence-corrected chi connectivity index (χ2v) is 5.54. The number of benzene rings is 1. The highest BCUT2D eigenvalue weighted by molar-refractivity contribution is 6.00. The van der Waals surface area contributed by atoms with Crippen LogP contribution in [-0.4, -0.2) is 23.7 Å². The monoisotopic (exact) mass is 261 g/mol. The Balaban J connectivity index is 1.68. The van der Waals surface area contributed by atoms with Crippen molar-refractivity contribution in [3.05, 3.63) is 17.7 Å². The molecular formula is C14H19N3O2. The van der Waals surface area contributed by atoms with Gasteiger partial charge in [0.1, 0.15) is 0 Å². The van der Waals surface area contributed by atoms with Crippen molar-refractivity contribution in [2.24, 2.45) is 5.92 Å². The highest BCUT2D eigenvalue weighted by Crippen LogP contribution is 2.32. The van der Waals surface area contributed by atoms with E-state index < -0.39 is 0 Å². The van der Waals surface area contributed by atoms with Gasteiger partial charge in [0.05, 0.1) is 23.9 Å². The molecular weight excluding hydrogens is 242 g/mol. The number of nitrogen functional groups attached to an aromatic ring is 1. The van der Waals surface area contributed by atoms with Crippen LogP contribution < -0.4 is 16.4 Å². The maximum absolute atomic E-state index is 11.3. The summed E-state index contributed by atoms with van der Waals surface area (Å²) in [6, 6.07) is 3.76. The number of hydrogen-bond donors (Lipinski definition) is 4. The minimum Gasteiger partial charge on any atom is -0.397 e. The van der Waals surface area contributed by atoms with Gasteiger partial charge in [-0.25, -0.2) is 0 Å². The molecule has 0 spiro atoms. The van der Waals surface area contributed by atoms with Crippen LogP contribution in [-0.2, 0) is 11.2 Å². The van der Waals surface area contributed by atoms with E-state index >= 15 is 0 Å². The Morgan fingerprint density at radius 3 is 3.00 bits per heavy atom. The van der Waals surface area contributed by atoms with Crippen molar-refractivity contribution >= 4 is 23.0 Å². The van der Waals surface area contributed by atoms with Crippen LogP contribution in [0.15, 0.2) is 12.1 Å². The Hall–Kier alpha value is -1.75. The summed E-state index contributed by atoms with van der Waals surface area (Å²) < 4.78 is 0. The topological polar surface area (TPSA) is 87.4 Å². The zero-order valence-corrected chi connectivity index (χ0v) is 10.8. The molecule has 1 heterocycles. The number of fused-ring (bicyclic) bond motifs is 1. The predicted octanol–water partition coefficient (Wildman–Crippen LogP) is 1.34. The summed E-state index contributed by atoms with van der Waals surface area (Å²) in [6.45, 7) is 0.813. The van der Waals surface area contributed by atoms with Gasteiger partial charge in [-0.3, -0.25) is 4.79 Å². The molecule has 1 aromatic carbocycles. The van der Waals surface area contributed by atoms with E-state index in [1.165, 1.54) is 0 Å². The molecule has 5 nitrogen and oxygen atoms in total. The van der Waals surface area contributed by atoms with E-state index in [2.05, 4.69) is 10.6 Å². The van der Waals surface area contributed by atoms with Crippen molar-refractivity contribution in [1.82, 2.24) is 0 Å². The van der Waals surface area contributed by atoms with Crippen molar-refractivity contribution in [2.75, 3.05) is 22.9 Å². The normalized spacial score (nSPS) is 25.2. The largest absolute Gasteiger partial charge is 0.397 e. The third kappa shape index (κ3) is 2.51. The molecule has 1 aliphatic heterocycles. The molecule has 5 heteroatoms. The van der Waals surface area contributed by atoms with Crippen molar-refractivity contribution in [1.29, 1.82) is 0 Å².